The van der Waals surface area contributed by atoms with Crippen LogP contribution in [-0.4, -0.2) is 13.7 Å². The van der Waals surface area contributed by atoms with Crippen molar-refractivity contribution in [3.05, 3.63) is 21.1 Å². The first-order valence-corrected chi connectivity index (χ1v) is 6.48. The molecule has 0 unspecified atom stereocenters. The van der Waals surface area contributed by atoms with Gasteiger partial charge in [-0.25, -0.2) is 0 Å². The van der Waals surface area contributed by atoms with Crippen molar-refractivity contribution in [1.82, 2.24) is 0 Å². The Morgan fingerprint density at radius 3 is 2.75 bits per heavy atom. The lowest BCUT2D eigenvalue weighted by atomic mass is 10.2. The minimum Gasteiger partial charge on any atom is -0.495 e. The van der Waals surface area contributed by atoms with Crippen LogP contribution < -0.4 is 10.1 Å². The highest BCUT2D eigenvalue weighted by atomic mass is 79.9. The molecule has 1 aromatic carbocycles. The van der Waals surface area contributed by atoms with Crippen molar-refractivity contribution in [2.45, 2.75) is 12.8 Å². The maximum atomic E-state index is 5.23. The van der Waals surface area contributed by atoms with Crippen LogP contribution in [0.25, 0.3) is 0 Å². The molecule has 0 saturated carbocycles. The Morgan fingerprint density at radius 1 is 1.38 bits per heavy atom. The monoisotopic (exact) mass is 345 g/mol. The summed E-state index contributed by atoms with van der Waals surface area (Å²) >= 11 is 6.92. The second kappa shape index (κ2) is 6.82. The molecule has 2 nitrogen and oxygen atoms in total. The number of unbranched alkanes of at least 4 members (excludes halogenated alkanes) is 1. The number of nitrogens with one attached hydrogen (secondary N) is 1. The maximum absolute atomic E-state index is 5.23. The smallest absolute Gasteiger partial charge is 0.135 e. The van der Waals surface area contributed by atoms with E-state index in [0.29, 0.717) is 0 Å². The van der Waals surface area contributed by atoms with Crippen LogP contribution in [0.15, 0.2) is 21.1 Å². The molecular formula is C12H13Br2NO. The number of anilines is 1. The van der Waals surface area contributed by atoms with Crippen molar-refractivity contribution in [2.75, 3.05) is 19.0 Å². The lowest BCUT2D eigenvalue weighted by molar-refractivity contribution is 0.412. The summed E-state index contributed by atoms with van der Waals surface area (Å²) in [6, 6.07) is 3.91. The Kier molecular flexibility index (Phi) is 5.72. The Balaban J connectivity index is 2.69. The van der Waals surface area contributed by atoms with Gasteiger partial charge in [0.2, 0.25) is 0 Å². The first-order valence-electron chi connectivity index (χ1n) is 4.89. The molecule has 0 radical (unpaired) electrons. The van der Waals surface area contributed by atoms with Crippen molar-refractivity contribution < 1.29 is 4.74 Å². The van der Waals surface area contributed by atoms with Gasteiger partial charge in [0, 0.05) is 23.5 Å². The summed E-state index contributed by atoms with van der Waals surface area (Å²) in [5, 5.41) is 3.31. The van der Waals surface area contributed by atoms with E-state index < -0.39 is 0 Å². The number of ether oxygens (including phenoxy) is 1. The minimum atomic E-state index is 0.790. The molecule has 0 spiro atoms. The molecule has 0 heterocycles. The van der Waals surface area contributed by atoms with E-state index in [4.69, 9.17) is 11.2 Å². The normalized spacial score (nSPS) is 9.62. The highest BCUT2D eigenvalue weighted by molar-refractivity contribution is 9.11. The third kappa shape index (κ3) is 3.73. The van der Waals surface area contributed by atoms with Crippen molar-refractivity contribution in [3.8, 4) is 18.1 Å². The van der Waals surface area contributed by atoms with E-state index in [1.165, 1.54) is 0 Å². The molecule has 0 aliphatic carbocycles. The molecule has 86 valence electrons. The van der Waals surface area contributed by atoms with Crippen molar-refractivity contribution in [2.24, 2.45) is 0 Å². The lowest BCUT2D eigenvalue weighted by Gasteiger charge is -2.11. The lowest BCUT2D eigenvalue weighted by Crippen LogP contribution is -2.02. The molecule has 0 aromatic heterocycles. The largest absolute Gasteiger partial charge is 0.495 e. The number of terminal acetylenes is 1. The topological polar surface area (TPSA) is 21.3 Å². The van der Waals surface area contributed by atoms with Crippen LogP contribution in [0.2, 0.25) is 0 Å². The molecule has 0 aliphatic rings. The predicted octanol–water partition coefficient (Wildman–Crippen LogP) is 4.05. The summed E-state index contributed by atoms with van der Waals surface area (Å²) in [5.74, 6) is 3.42. The first kappa shape index (κ1) is 13.4. The predicted molar refractivity (Wildman–Crippen MR) is 75.0 cm³/mol. The third-order valence-corrected chi connectivity index (χ3v) is 3.33. The van der Waals surface area contributed by atoms with Gasteiger partial charge in [0.1, 0.15) is 5.75 Å². The summed E-state index contributed by atoms with van der Waals surface area (Å²) in [5.41, 5.74) is 1.01. The first-order chi connectivity index (χ1) is 7.69. The third-order valence-electron chi connectivity index (χ3n) is 2.05. The Hall–Kier alpha value is -0.660. The molecule has 0 atom stereocenters. The molecule has 0 aliphatic heterocycles. The molecule has 4 heteroatoms. The van der Waals surface area contributed by atoms with Gasteiger partial charge in [0.25, 0.3) is 0 Å². The van der Waals surface area contributed by atoms with Gasteiger partial charge in [0.15, 0.2) is 0 Å². The summed E-state index contributed by atoms with van der Waals surface area (Å²) in [7, 11) is 1.65. The number of methoxy groups -OCH3 is 1. The molecule has 0 saturated heterocycles. The maximum Gasteiger partial charge on any atom is 0.135 e. The van der Waals surface area contributed by atoms with E-state index in [1.54, 1.807) is 7.11 Å². The molecule has 1 N–H and O–H groups in total. The van der Waals surface area contributed by atoms with Gasteiger partial charge in [-0.2, -0.15) is 0 Å². The summed E-state index contributed by atoms with van der Waals surface area (Å²) in [6.07, 6.45) is 6.94. The molecule has 0 fully saturated rings. The zero-order chi connectivity index (χ0) is 12.0. The van der Waals surface area contributed by atoms with Crippen LogP contribution in [0.1, 0.15) is 12.8 Å². The Bertz CT molecular complexity index is 399. The van der Waals surface area contributed by atoms with E-state index in [1.807, 2.05) is 12.1 Å². The number of hydrogen-bond acceptors (Lipinski definition) is 2. The minimum absolute atomic E-state index is 0.790. The van der Waals surface area contributed by atoms with Crippen LogP contribution >= 0.6 is 31.9 Å². The van der Waals surface area contributed by atoms with Crippen LogP contribution in [0.4, 0.5) is 5.69 Å². The highest BCUT2D eigenvalue weighted by Gasteiger charge is 2.06. The van der Waals surface area contributed by atoms with Gasteiger partial charge < -0.3 is 10.1 Å². The zero-order valence-electron chi connectivity index (χ0n) is 9.02. The average molecular weight is 347 g/mol. The second-order valence-corrected chi connectivity index (χ2v) is 4.91. The van der Waals surface area contributed by atoms with E-state index in [-0.39, 0.29) is 0 Å². The van der Waals surface area contributed by atoms with E-state index >= 15 is 0 Å². The van der Waals surface area contributed by atoms with Gasteiger partial charge >= 0.3 is 0 Å². The fourth-order valence-electron chi connectivity index (χ4n) is 1.23. The van der Waals surface area contributed by atoms with Crippen LogP contribution in [-0.2, 0) is 0 Å². The molecular weight excluding hydrogens is 334 g/mol. The Labute approximate surface area is 113 Å². The van der Waals surface area contributed by atoms with Crippen molar-refractivity contribution in [1.29, 1.82) is 0 Å². The molecule has 1 rings (SSSR count). The quantitative estimate of drug-likeness (QED) is 0.641. The zero-order valence-corrected chi connectivity index (χ0v) is 12.2. The number of halogens is 2. The van der Waals surface area contributed by atoms with E-state index in [2.05, 4.69) is 43.1 Å². The fourth-order valence-corrected chi connectivity index (χ4v) is 2.53. The van der Waals surface area contributed by atoms with Crippen molar-refractivity contribution in [3.63, 3.8) is 0 Å². The van der Waals surface area contributed by atoms with Gasteiger partial charge in [-0.05, 0) is 44.3 Å². The van der Waals surface area contributed by atoms with Gasteiger partial charge in [-0.15, -0.1) is 12.3 Å². The summed E-state index contributed by atoms with van der Waals surface area (Å²) in [4.78, 5) is 0. The average Bonchev–Trinajstić information content (AvgIpc) is 2.27. The second-order valence-electron chi connectivity index (χ2n) is 3.20. The molecule has 0 amide bonds. The number of benzene rings is 1. The Morgan fingerprint density at radius 2 is 2.12 bits per heavy atom. The summed E-state index contributed by atoms with van der Waals surface area (Å²) in [6.45, 7) is 0.855. The molecule has 16 heavy (non-hydrogen) atoms. The van der Waals surface area contributed by atoms with Gasteiger partial charge in [-0.3, -0.25) is 0 Å². The van der Waals surface area contributed by atoms with Gasteiger partial charge in [-0.1, -0.05) is 0 Å². The standard InChI is InChI=1S/C12H13Br2NO/c1-3-4-5-6-15-11-8-12(16-2)10(14)7-9(11)13/h1,7-8,15H,4-6H2,2H3. The molecule has 1 aromatic rings. The van der Waals surface area contributed by atoms with Crippen LogP contribution in [0.5, 0.6) is 5.75 Å². The fraction of sp³-hybridized carbons (Fsp3) is 0.333. The highest BCUT2D eigenvalue weighted by Crippen LogP contribution is 2.34. The summed E-state index contributed by atoms with van der Waals surface area (Å²) < 4.78 is 7.16. The van der Waals surface area contributed by atoms with Crippen LogP contribution in [0.3, 0.4) is 0 Å². The van der Waals surface area contributed by atoms with Crippen molar-refractivity contribution >= 4 is 37.5 Å². The van der Waals surface area contributed by atoms with Crippen LogP contribution in [0, 0.1) is 12.3 Å². The van der Waals surface area contributed by atoms with Gasteiger partial charge in [0.05, 0.1) is 17.3 Å². The van der Waals surface area contributed by atoms with E-state index in [9.17, 15) is 0 Å². The molecule has 0 bridgehead atoms. The van der Waals surface area contributed by atoms with E-state index in [0.717, 1.165) is 39.8 Å². The number of hydrogen-bond donors (Lipinski definition) is 1. The SMILES string of the molecule is C#CCCCNc1cc(OC)c(Br)cc1Br. The number of rotatable bonds is 5.